The zero-order valence-electron chi connectivity index (χ0n) is 17.9. The standard InChI is InChI=1S/C22H34O8/c1-11(23)29-10-20(27)12-5-6-13-19-8-4-7-18(2,3)14(19)16(25)22(28,30-9-19)21(13,15(12)24)17(20)26/h12-17,24-28H,4-10H2,1-3H3/t12-,13+,14-,15-,16+,17-,19-,20-,21-,22-/m1/s1. The molecule has 0 aromatic rings. The molecular weight excluding hydrogens is 392 g/mol. The monoisotopic (exact) mass is 426 g/mol. The van der Waals surface area contributed by atoms with Crippen LogP contribution in [0.2, 0.25) is 0 Å². The molecule has 2 aliphatic heterocycles. The summed E-state index contributed by atoms with van der Waals surface area (Å²) in [5.74, 6) is -4.17. The Hall–Kier alpha value is -0.770. The molecule has 8 nitrogen and oxygen atoms in total. The van der Waals surface area contributed by atoms with E-state index in [4.69, 9.17) is 9.47 Å². The zero-order chi connectivity index (χ0) is 21.9. The van der Waals surface area contributed by atoms with Crippen molar-refractivity contribution in [1.82, 2.24) is 0 Å². The fourth-order valence-electron chi connectivity index (χ4n) is 8.89. The first-order valence-corrected chi connectivity index (χ1v) is 11.2. The molecule has 30 heavy (non-hydrogen) atoms. The van der Waals surface area contributed by atoms with E-state index in [1.54, 1.807) is 0 Å². The second-order valence-electron chi connectivity index (χ2n) is 11.3. The molecule has 4 aliphatic carbocycles. The molecule has 8 heteroatoms. The normalized spacial score (nSPS) is 58.1. The van der Waals surface area contributed by atoms with Gasteiger partial charge in [-0.05, 0) is 37.0 Å². The summed E-state index contributed by atoms with van der Waals surface area (Å²) >= 11 is 0. The van der Waals surface area contributed by atoms with Crippen molar-refractivity contribution < 1.29 is 39.8 Å². The van der Waals surface area contributed by atoms with Crippen LogP contribution in [0.5, 0.6) is 0 Å². The molecule has 4 bridgehead atoms. The maximum Gasteiger partial charge on any atom is 0.302 e. The minimum atomic E-state index is -2.20. The second kappa shape index (κ2) is 5.97. The van der Waals surface area contributed by atoms with Crippen LogP contribution >= 0.6 is 0 Å². The Morgan fingerprint density at radius 2 is 1.80 bits per heavy atom. The quantitative estimate of drug-likeness (QED) is 0.387. The predicted molar refractivity (Wildman–Crippen MR) is 103 cm³/mol. The molecule has 6 fully saturated rings. The Bertz CT molecular complexity index is 770. The van der Waals surface area contributed by atoms with Crippen LogP contribution in [0.4, 0.5) is 0 Å². The lowest BCUT2D eigenvalue weighted by Crippen LogP contribution is -2.84. The van der Waals surface area contributed by atoms with Crippen LogP contribution < -0.4 is 0 Å². The van der Waals surface area contributed by atoms with Crippen molar-refractivity contribution in [2.45, 2.75) is 82.6 Å². The Kier molecular flexibility index (Phi) is 4.20. The summed E-state index contributed by atoms with van der Waals surface area (Å²) in [6.45, 7) is 5.19. The Labute approximate surface area is 176 Å². The van der Waals surface area contributed by atoms with Crippen molar-refractivity contribution in [1.29, 1.82) is 0 Å². The van der Waals surface area contributed by atoms with Crippen LogP contribution in [0.1, 0.15) is 52.9 Å². The molecule has 10 atom stereocenters. The van der Waals surface area contributed by atoms with E-state index in [0.717, 1.165) is 19.3 Å². The van der Waals surface area contributed by atoms with Crippen molar-refractivity contribution in [3.05, 3.63) is 0 Å². The van der Waals surface area contributed by atoms with Crippen LogP contribution in [0.25, 0.3) is 0 Å². The van der Waals surface area contributed by atoms with E-state index in [1.807, 2.05) is 0 Å². The molecule has 0 amide bonds. The third-order valence-electron chi connectivity index (χ3n) is 9.80. The minimum Gasteiger partial charge on any atom is -0.463 e. The van der Waals surface area contributed by atoms with Gasteiger partial charge in [0.15, 0.2) is 0 Å². The van der Waals surface area contributed by atoms with E-state index in [-0.39, 0.29) is 23.9 Å². The summed E-state index contributed by atoms with van der Waals surface area (Å²) in [7, 11) is 0. The fourth-order valence-corrected chi connectivity index (χ4v) is 8.89. The third kappa shape index (κ3) is 2.02. The summed E-state index contributed by atoms with van der Waals surface area (Å²) in [4.78, 5) is 11.4. The van der Waals surface area contributed by atoms with E-state index in [1.165, 1.54) is 6.92 Å². The molecule has 0 radical (unpaired) electrons. The van der Waals surface area contributed by atoms with Gasteiger partial charge < -0.3 is 35.0 Å². The minimum absolute atomic E-state index is 0.240. The van der Waals surface area contributed by atoms with Gasteiger partial charge >= 0.3 is 5.97 Å². The van der Waals surface area contributed by atoms with Gasteiger partial charge in [-0.3, -0.25) is 4.79 Å². The highest BCUT2D eigenvalue weighted by Gasteiger charge is 2.88. The van der Waals surface area contributed by atoms with Crippen molar-refractivity contribution in [2.24, 2.45) is 34.0 Å². The van der Waals surface area contributed by atoms with E-state index in [9.17, 15) is 30.3 Å². The Morgan fingerprint density at radius 3 is 2.47 bits per heavy atom. The Morgan fingerprint density at radius 1 is 1.10 bits per heavy atom. The average Bonchev–Trinajstić information content (AvgIpc) is 2.75. The predicted octanol–water partition coefficient (Wildman–Crippen LogP) is -0.0654. The molecule has 0 aromatic heterocycles. The van der Waals surface area contributed by atoms with Gasteiger partial charge in [0.1, 0.15) is 24.4 Å². The lowest BCUT2D eigenvalue weighted by Gasteiger charge is -2.75. The molecule has 0 aromatic carbocycles. The van der Waals surface area contributed by atoms with E-state index in [2.05, 4.69) is 13.8 Å². The maximum atomic E-state index is 11.9. The summed E-state index contributed by atoms with van der Waals surface area (Å²) in [6.07, 6.45) is -0.580. The molecule has 0 unspecified atom stereocenters. The second-order valence-corrected chi connectivity index (χ2v) is 11.3. The molecule has 2 saturated heterocycles. The SMILES string of the molecule is CC(=O)OC[C@@]1(O)[C@@H]2CC[C@H]3[C@]45CCCC(C)(C)[C@H]4[C@H](O)[C@@](O)(OC5)[C@]3([C@@H]2O)[C@@H]1O. The lowest BCUT2D eigenvalue weighted by atomic mass is 9.36. The number of carbonyl (C=O) groups excluding carboxylic acids is 1. The Balaban J connectivity index is 1.68. The third-order valence-corrected chi connectivity index (χ3v) is 9.80. The van der Waals surface area contributed by atoms with Gasteiger partial charge in [0.25, 0.3) is 0 Å². The van der Waals surface area contributed by atoms with Crippen molar-refractivity contribution in [2.75, 3.05) is 13.2 Å². The van der Waals surface area contributed by atoms with Crippen molar-refractivity contribution in [3.8, 4) is 0 Å². The number of hydrogen-bond donors (Lipinski definition) is 5. The highest BCUT2D eigenvalue weighted by atomic mass is 16.6. The van der Waals surface area contributed by atoms with Crippen LogP contribution in [-0.4, -0.2) is 74.4 Å². The number of esters is 1. The van der Waals surface area contributed by atoms with Crippen LogP contribution in [0.3, 0.4) is 0 Å². The first-order chi connectivity index (χ1) is 13.9. The summed E-state index contributed by atoms with van der Waals surface area (Å²) in [6, 6.07) is 0. The largest absolute Gasteiger partial charge is 0.463 e. The van der Waals surface area contributed by atoms with Gasteiger partial charge in [0.2, 0.25) is 5.79 Å². The highest BCUT2D eigenvalue weighted by molar-refractivity contribution is 5.66. The topological polar surface area (TPSA) is 137 Å². The van der Waals surface area contributed by atoms with Crippen LogP contribution in [-0.2, 0) is 14.3 Å². The van der Waals surface area contributed by atoms with E-state index < -0.39 is 59.0 Å². The number of rotatable bonds is 2. The first-order valence-electron chi connectivity index (χ1n) is 11.2. The molecular formula is C22H34O8. The molecule has 2 spiro atoms. The van der Waals surface area contributed by atoms with E-state index in [0.29, 0.717) is 12.8 Å². The number of aliphatic hydroxyl groups excluding tert-OH is 3. The molecule has 4 saturated carbocycles. The summed E-state index contributed by atoms with van der Waals surface area (Å²) in [5, 5.41) is 57.9. The maximum absolute atomic E-state index is 11.9. The van der Waals surface area contributed by atoms with Crippen LogP contribution in [0.15, 0.2) is 0 Å². The van der Waals surface area contributed by atoms with Crippen LogP contribution in [0, 0.1) is 34.0 Å². The summed E-state index contributed by atoms with van der Waals surface area (Å²) < 4.78 is 11.0. The number of hydrogen-bond acceptors (Lipinski definition) is 8. The number of carbonyl (C=O) groups is 1. The van der Waals surface area contributed by atoms with Gasteiger partial charge in [-0.1, -0.05) is 20.3 Å². The number of aliphatic hydroxyl groups is 5. The summed E-state index contributed by atoms with van der Waals surface area (Å²) in [5.41, 5.74) is -4.32. The van der Waals surface area contributed by atoms with E-state index >= 15 is 0 Å². The molecule has 5 N–H and O–H groups in total. The van der Waals surface area contributed by atoms with Crippen molar-refractivity contribution >= 4 is 5.97 Å². The zero-order valence-corrected chi connectivity index (χ0v) is 17.9. The average molecular weight is 427 g/mol. The highest BCUT2D eigenvalue weighted by Crippen LogP contribution is 2.77. The van der Waals surface area contributed by atoms with Gasteiger partial charge in [0, 0.05) is 24.2 Å². The number of ether oxygens (including phenoxy) is 2. The molecule has 2 heterocycles. The molecule has 6 rings (SSSR count). The van der Waals surface area contributed by atoms with Gasteiger partial charge in [-0.25, -0.2) is 0 Å². The first kappa shape index (κ1) is 21.1. The van der Waals surface area contributed by atoms with Gasteiger partial charge in [0.05, 0.1) is 18.1 Å². The smallest absolute Gasteiger partial charge is 0.302 e. The van der Waals surface area contributed by atoms with Crippen molar-refractivity contribution in [3.63, 3.8) is 0 Å². The molecule has 170 valence electrons. The fraction of sp³-hybridized carbons (Fsp3) is 0.955. The lowest BCUT2D eigenvalue weighted by molar-refractivity contribution is -0.469. The molecule has 6 aliphatic rings. The number of fused-ring (bicyclic) bond motifs is 2. The van der Waals surface area contributed by atoms with Gasteiger partial charge in [-0.15, -0.1) is 0 Å². The van der Waals surface area contributed by atoms with Gasteiger partial charge in [-0.2, -0.15) is 0 Å².